The van der Waals surface area contributed by atoms with Crippen LogP contribution in [0.1, 0.15) is 5.56 Å². The number of rotatable bonds is 3. The van der Waals surface area contributed by atoms with Crippen molar-refractivity contribution in [2.24, 2.45) is 11.8 Å². The van der Waals surface area contributed by atoms with E-state index in [9.17, 15) is 22.8 Å². The van der Waals surface area contributed by atoms with Gasteiger partial charge in [-0.15, -0.1) is 0 Å². The van der Waals surface area contributed by atoms with Crippen LogP contribution in [-0.2, 0) is 16.0 Å². The number of fused-ring (bicyclic) bond motifs is 1. The van der Waals surface area contributed by atoms with Gasteiger partial charge in [0.1, 0.15) is 0 Å². The highest BCUT2D eigenvalue weighted by Gasteiger charge is 2.53. The van der Waals surface area contributed by atoms with Gasteiger partial charge in [-0.05, 0) is 17.7 Å². The van der Waals surface area contributed by atoms with Crippen molar-refractivity contribution in [3.8, 4) is 11.5 Å². The Morgan fingerprint density at radius 3 is 2.54 bits per heavy atom. The molecule has 3 rings (SSSR count). The molecule has 2 aliphatic rings. The van der Waals surface area contributed by atoms with Crippen LogP contribution < -0.4 is 9.47 Å². The molecule has 24 heavy (non-hydrogen) atoms. The van der Waals surface area contributed by atoms with E-state index in [0.717, 1.165) is 4.90 Å². The van der Waals surface area contributed by atoms with Gasteiger partial charge in [-0.2, -0.15) is 13.2 Å². The maximum atomic E-state index is 13.0. The van der Waals surface area contributed by atoms with Crippen molar-refractivity contribution in [1.29, 1.82) is 0 Å². The largest absolute Gasteiger partial charge is 0.481 e. The topological polar surface area (TPSA) is 76.1 Å². The number of carbonyl (C=O) groups excluding carboxylic acids is 1. The molecule has 0 unspecified atom stereocenters. The lowest BCUT2D eigenvalue weighted by Gasteiger charge is -2.18. The van der Waals surface area contributed by atoms with E-state index in [2.05, 4.69) is 0 Å². The van der Waals surface area contributed by atoms with Crippen LogP contribution >= 0.6 is 0 Å². The summed E-state index contributed by atoms with van der Waals surface area (Å²) in [7, 11) is 0. The van der Waals surface area contributed by atoms with Crippen LogP contribution in [0.25, 0.3) is 0 Å². The number of likely N-dealkylation sites (tertiary alicyclic amines) is 1. The summed E-state index contributed by atoms with van der Waals surface area (Å²) in [5.41, 5.74) is 0.562. The number of ether oxygens (including phenoxy) is 2. The van der Waals surface area contributed by atoms with E-state index in [0.29, 0.717) is 17.1 Å². The first-order valence-electron chi connectivity index (χ1n) is 7.21. The van der Waals surface area contributed by atoms with Crippen LogP contribution in [0.5, 0.6) is 11.5 Å². The Morgan fingerprint density at radius 1 is 1.21 bits per heavy atom. The number of amides is 1. The van der Waals surface area contributed by atoms with E-state index in [1.165, 1.54) is 0 Å². The highest BCUT2D eigenvalue weighted by molar-refractivity contribution is 5.81. The summed E-state index contributed by atoms with van der Waals surface area (Å²) in [5, 5.41) is 8.97. The molecule has 0 saturated carbocycles. The molecule has 9 heteroatoms. The SMILES string of the molecule is O=C(O)[C@@H]1CN(C(=O)Cc2ccc3c(c2)OCO3)C[C@H]1C(F)(F)F. The van der Waals surface area contributed by atoms with Crippen molar-refractivity contribution in [2.45, 2.75) is 12.6 Å². The predicted molar refractivity (Wildman–Crippen MR) is 73.5 cm³/mol. The fraction of sp³-hybridized carbons (Fsp3) is 0.467. The highest BCUT2D eigenvalue weighted by atomic mass is 19.4. The zero-order chi connectivity index (χ0) is 17.5. The van der Waals surface area contributed by atoms with Gasteiger partial charge in [0.05, 0.1) is 18.3 Å². The maximum absolute atomic E-state index is 13.0. The molecule has 1 saturated heterocycles. The van der Waals surface area contributed by atoms with E-state index in [1.54, 1.807) is 18.2 Å². The summed E-state index contributed by atoms with van der Waals surface area (Å²) in [6, 6.07) is 4.83. The molecule has 1 amide bonds. The van der Waals surface area contributed by atoms with Gasteiger partial charge in [-0.25, -0.2) is 0 Å². The number of alkyl halides is 3. The summed E-state index contributed by atoms with van der Waals surface area (Å²) in [6.45, 7) is -1.00. The van der Waals surface area contributed by atoms with Crippen LogP contribution in [0.2, 0.25) is 0 Å². The lowest BCUT2D eigenvalue weighted by molar-refractivity contribution is -0.188. The van der Waals surface area contributed by atoms with Crippen LogP contribution in [0.3, 0.4) is 0 Å². The van der Waals surface area contributed by atoms with Gasteiger partial charge in [-0.1, -0.05) is 6.07 Å². The van der Waals surface area contributed by atoms with Crippen LogP contribution in [-0.4, -0.2) is 47.9 Å². The monoisotopic (exact) mass is 345 g/mol. The Bertz CT molecular complexity index is 676. The van der Waals surface area contributed by atoms with Crippen LogP contribution in [0.4, 0.5) is 13.2 Å². The minimum Gasteiger partial charge on any atom is -0.481 e. The van der Waals surface area contributed by atoms with Crippen molar-refractivity contribution in [2.75, 3.05) is 19.9 Å². The smallest absolute Gasteiger partial charge is 0.394 e. The van der Waals surface area contributed by atoms with Crippen molar-refractivity contribution in [3.63, 3.8) is 0 Å². The number of carboxylic acid groups (broad SMARTS) is 1. The minimum atomic E-state index is -4.66. The molecular weight excluding hydrogens is 331 g/mol. The van der Waals surface area contributed by atoms with Crippen molar-refractivity contribution < 1.29 is 37.3 Å². The van der Waals surface area contributed by atoms with Gasteiger partial charge in [0.15, 0.2) is 11.5 Å². The molecular formula is C15H14F3NO5. The maximum Gasteiger partial charge on any atom is 0.394 e. The number of hydrogen-bond acceptors (Lipinski definition) is 4. The lowest BCUT2D eigenvalue weighted by atomic mass is 9.96. The minimum absolute atomic E-state index is 0.0758. The Morgan fingerprint density at radius 2 is 1.92 bits per heavy atom. The quantitative estimate of drug-likeness (QED) is 0.902. The molecule has 1 fully saturated rings. The predicted octanol–water partition coefficient (Wildman–Crippen LogP) is 1.68. The molecule has 1 aromatic rings. The van der Waals surface area contributed by atoms with Gasteiger partial charge in [0, 0.05) is 13.1 Å². The first kappa shape index (κ1) is 16.4. The standard InChI is InChI=1S/C15H14F3NO5/c16-15(17,18)10-6-19(5-9(10)14(21)22)13(20)4-8-1-2-11-12(3-8)24-7-23-11/h1-3,9-10H,4-7H2,(H,21,22)/t9-,10-/m1/s1. The summed E-state index contributed by atoms with van der Waals surface area (Å²) in [6.07, 6.45) is -4.79. The van der Waals surface area contributed by atoms with E-state index in [1.807, 2.05) is 0 Å². The second-order valence-corrected chi connectivity index (χ2v) is 5.76. The van der Waals surface area contributed by atoms with Crippen LogP contribution in [0, 0.1) is 11.8 Å². The Balaban J connectivity index is 1.70. The summed E-state index contributed by atoms with van der Waals surface area (Å²) < 4.78 is 49.2. The molecule has 0 radical (unpaired) electrons. The first-order chi connectivity index (χ1) is 11.3. The average Bonchev–Trinajstić information content (AvgIpc) is 3.13. The molecule has 2 heterocycles. The third-order valence-corrected chi connectivity index (χ3v) is 4.20. The average molecular weight is 345 g/mol. The number of benzene rings is 1. The molecule has 0 bridgehead atoms. The highest BCUT2D eigenvalue weighted by Crippen LogP contribution is 2.38. The molecule has 2 atom stereocenters. The Kier molecular flexibility index (Phi) is 4.02. The fourth-order valence-corrected chi connectivity index (χ4v) is 2.93. The van der Waals surface area contributed by atoms with Gasteiger partial charge >= 0.3 is 12.1 Å². The zero-order valence-corrected chi connectivity index (χ0v) is 12.4. The first-order valence-corrected chi connectivity index (χ1v) is 7.21. The molecule has 1 aromatic carbocycles. The van der Waals surface area contributed by atoms with Gasteiger partial charge in [-0.3, -0.25) is 9.59 Å². The Hall–Kier alpha value is -2.45. The third kappa shape index (κ3) is 3.10. The molecule has 0 spiro atoms. The Labute approximate surface area is 134 Å². The number of carbonyl (C=O) groups is 2. The molecule has 0 aliphatic carbocycles. The molecule has 2 aliphatic heterocycles. The van der Waals surface area contributed by atoms with E-state index in [4.69, 9.17) is 14.6 Å². The molecule has 0 aromatic heterocycles. The van der Waals surface area contributed by atoms with Crippen molar-refractivity contribution in [3.05, 3.63) is 23.8 Å². The van der Waals surface area contributed by atoms with E-state index < -0.39 is 43.0 Å². The normalized spacial score (nSPS) is 22.7. The fourth-order valence-electron chi connectivity index (χ4n) is 2.93. The number of halogens is 3. The molecule has 1 N–H and O–H groups in total. The second-order valence-electron chi connectivity index (χ2n) is 5.76. The van der Waals surface area contributed by atoms with Crippen molar-refractivity contribution in [1.82, 2.24) is 4.90 Å². The number of nitrogens with zero attached hydrogens (tertiary/aromatic N) is 1. The second kappa shape index (κ2) is 5.88. The van der Waals surface area contributed by atoms with Gasteiger partial charge in [0.2, 0.25) is 12.7 Å². The van der Waals surface area contributed by atoms with Crippen LogP contribution in [0.15, 0.2) is 18.2 Å². The summed E-state index contributed by atoms with van der Waals surface area (Å²) in [4.78, 5) is 24.3. The third-order valence-electron chi connectivity index (χ3n) is 4.20. The van der Waals surface area contributed by atoms with E-state index >= 15 is 0 Å². The lowest BCUT2D eigenvalue weighted by Crippen LogP contribution is -2.34. The number of hydrogen-bond donors (Lipinski definition) is 1. The molecule has 6 nitrogen and oxygen atoms in total. The summed E-state index contributed by atoms with van der Waals surface area (Å²) in [5.74, 6) is -4.77. The summed E-state index contributed by atoms with van der Waals surface area (Å²) >= 11 is 0. The van der Waals surface area contributed by atoms with Crippen molar-refractivity contribution >= 4 is 11.9 Å². The van der Waals surface area contributed by atoms with Gasteiger partial charge < -0.3 is 19.5 Å². The van der Waals surface area contributed by atoms with E-state index in [-0.39, 0.29) is 13.2 Å². The molecule has 130 valence electrons. The number of aliphatic carboxylic acids is 1. The van der Waals surface area contributed by atoms with Gasteiger partial charge in [0.25, 0.3) is 0 Å². The zero-order valence-electron chi connectivity index (χ0n) is 12.4. The number of carboxylic acids is 1.